The van der Waals surface area contributed by atoms with Crippen molar-refractivity contribution in [2.45, 2.75) is 31.6 Å². The second-order valence-corrected chi connectivity index (χ2v) is 8.22. The van der Waals surface area contributed by atoms with Gasteiger partial charge in [0, 0.05) is 5.92 Å². The van der Waals surface area contributed by atoms with Crippen LogP contribution in [0, 0.1) is 6.92 Å². The molecule has 118 valence electrons. The number of nitrogens with one attached hydrogen (secondary N) is 1. The number of nitrogens with zero attached hydrogens (tertiary/aromatic N) is 2. The van der Waals surface area contributed by atoms with Crippen LogP contribution >= 0.6 is 11.3 Å². The van der Waals surface area contributed by atoms with Gasteiger partial charge in [0.25, 0.3) is 0 Å². The van der Waals surface area contributed by atoms with Gasteiger partial charge in [0.2, 0.25) is 11.0 Å². The van der Waals surface area contributed by atoms with E-state index in [-0.39, 0.29) is 10.8 Å². The zero-order valence-electron chi connectivity index (χ0n) is 12.5. The number of sulfone groups is 1. The molecular weight excluding hydrogens is 322 g/mol. The van der Waals surface area contributed by atoms with E-state index in [0.717, 1.165) is 10.6 Å². The van der Waals surface area contributed by atoms with Crippen LogP contribution in [0.4, 0.5) is 5.13 Å². The first-order chi connectivity index (χ1) is 10.3. The Morgan fingerprint density at radius 3 is 2.41 bits per heavy atom. The SMILES string of the molecule is Cc1ccc(S(=O)(=O)CC(=O)Nc2nnc(C(C)C)s2)cc1. The molecule has 0 unspecified atom stereocenters. The van der Waals surface area contributed by atoms with Crippen LogP contribution in [0.2, 0.25) is 0 Å². The lowest BCUT2D eigenvalue weighted by Crippen LogP contribution is -2.23. The minimum atomic E-state index is -3.66. The lowest BCUT2D eigenvalue weighted by molar-refractivity contribution is -0.113. The van der Waals surface area contributed by atoms with E-state index in [4.69, 9.17) is 0 Å². The highest BCUT2D eigenvalue weighted by Gasteiger charge is 2.20. The van der Waals surface area contributed by atoms with Gasteiger partial charge in [0.15, 0.2) is 9.84 Å². The van der Waals surface area contributed by atoms with Crippen molar-refractivity contribution in [2.75, 3.05) is 11.1 Å². The zero-order chi connectivity index (χ0) is 16.3. The highest BCUT2D eigenvalue weighted by molar-refractivity contribution is 7.92. The molecule has 1 aromatic heterocycles. The number of aryl methyl sites for hydroxylation is 1. The molecule has 0 atom stereocenters. The molecule has 0 aliphatic carbocycles. The Labute approximate surface area is 133 Å². The monoisotopic (exact) mass is 339 g/mol. The van der Waals surface area contributed by atoms with E-state index in [1.807, 2.05) is 20.8 Å². The Balaban J connectivity index is 2.05. The summed E-state index contributed by atoms with van der Waals surface area (Å²) in [5.41, 5.74) is 0.957. The molecule has 0 spiro atoms. The number of carbonyl (C=O) groups excluding carboxylic acids is 1. The van der Waals surface area contributed by atoms with Crippen molar-refractivity contribution in [3.8, 4) is 0 Å². The third-order valence-electron chi connectivity index (χ3n) is 2.88. The van der Waals surface area contributed by atoms with Gasteiger partial charge in [-0.05, 0) is 19.1 Å². The molecule has 1 N–H and O–H groups in total. The van der Waals surface area contributed by atoms with Gasteiger partial charge >= 0.3 is 0 Å². The molecule has 0 aliphatic heterocycles. The van der Waals surface area contributed by atoms with Crippen molar-refractivity contribution in [2.24, 2.45) is 0 Å². The maximum Gasteiger partial charge on any atom is 0.241 e. The van der Waals surface area contributed by atoms with Gasteiger partial charge in [0.05, 0.1) is 4.90 Å². The van der Waals surface area contributed by atoms with E-state index in [0.29, 0.717) is 5.13 Å². The number of hydrogen-bond acceptors (Lipinski definition) is 6. The minimum absolute atomic E-state index is 0.133. The van der Waals surface area contributed by atoms with E-state index in [2.05, 4.69) is 15.5 Å². The van der Waals surface area contributed by atoms with Gasteiger partial charge in [-0.1, -0.05) is 42.9 Å². The Bertz CT molecular complexity index is 765. The summed E-state index contributed by atoms with van der Waals surface area (Å²) in [5.74, 6) is -1.03. The third-order valence-corrected chi connectivity index (χ3v) is 5.65. The van der Waals surface area contributed by atoms with E-state index >= 15 is 0 Å². The lowest BCUT2D eigenvalue weighted by atomic mass is 10.2. The normalized spacial score (nSPS) is 11.6. The van der Waals surface area contributed by atoms with Crippen LogP contribution in [-0.4, -0.2) is 30.3 Å². The van der Waals surface area contributed by atoms with Crippen molar-refractivity contribution in [1.29, 1.82) is 0 Å². The van der Waals surface area contributed by atoms with Crippen LogP contribution in [0.15, 0.2) is 29.2 Å². The van der Waals surface area contributed by atoms with Crippen molar-refractivity contribution in [3.05, 3.63) is 34.8 Å². The second-order valence-electron chi connectivity index (χ2n) is 5.22. The Kier molecular flexibility index (Phi) is 4.92. The number of amides is 1. The standard InChI is InChI=1S/C14H17N3O3S2/c1-9(2)13-16-17-14(21-13)15-12(18)8-22(19,20)11-6-4-10(3)5-7-11/h4-7,9H,8H2,1-3H3,(H,15,17,18). The number of aromatic nitrogens is 2. The summed E-state index contributed by atoms with van der Waals surface area (Å²) in [4.78, 5) is 12.0. The summed E-state index contributed by atoms with van der Waals surface area (Å²) in [7, 11) is -3.66. The first kappa shape index (κ1) is 16.6. The maximum absolute atomic E-state index is 12.2. The molecule has 2 rings (SSSR count). The van der Waals surface area contributed by atoms with E-state index in [1.165, 1.54) is 23.5 Å². The topological polar surface area (TPSA) is 89.0 Å². The van der Waals surface area contributed by atoms with Crippen LogP contribution in [-0.2, 0) is 14.6 Å². The molecule has 1 heterocycles. The molecule has 8 heteroatoms. The molecule has 2 aromatic rings. The fraction of sp³-hybridized carbons (Fsp3) is 0.357. The molecule has 1 amide bonds. The Hall–Kier alpha value is -1.80. The van der Waals surface area contributed by atoms with Crippen molar-refractivity contribution < 1.29 is 13.2 Å². The van der Waals surface area contributed by atoms with Crippen molar-refractivity contribution in [1.82, 2.24) is 10.2 Å². The number of anilines is 1. The highest BCUT2D eigenvalue weighted by atomic mass is 32.2. The van der Waals surface area contributed by atoms with Crippen molar-refractivity contribution >= 4 is 32.2 Å². The van der Waals surface area contributed by atoms with Crippen LogP contribution in [0.1, 0.15) is 30.3 Å². The molecule has 0 saturated carbocycles. The first-order valence-corrected chi connectivity index (χ1v) is 9.17. The Morgan fingerprint density at radius 2 is 1.86 bits per heavy atom. The number of benzene rings is 1. The fourth-order valence-corrected chi connectivity index (χ4v) is 3.57. The van der Waals surface area contributed by atoms with Gasteiger partial charge in [0.1, 0.15) is 10.8 Å². The molecule has 0 radical (unpaired) electrons. The highest BCUT2D eigenvalue weighted by Crippen LogP contribution is 2.22. The molecule has 0 aliphatic rings. The largest absolute Gasteiger partial charge is 0.300 e. The number of rotatable bonds is 5. The summed E-state index contributed by atoms with van der Waals surface area (Å²) in [6.45, 7) is 5.80. The Morgan fingerprint density at radius 1 is 1.23 bits per heavy atom. The fourth-order valence-electron chi connectivity index (χ4n) is 1.68. The summed E-state index contributed by atoms with van der Waals surface area (Å²) in [5, 5.41) is 11.4. The van der Waals surface area contributed by atoms with E-state index < -0.39 is 21.5 Å². The van der Waals surface area contributed by atoms with Crippen LogP contribution in [0.5, 0.6) is 0 Å². The van der Waals surface area contributed by atoms with Crippen LogP contribution in [0.3, 0.4) is 0 Å². The van der Waals surface area contributed by atoms with E-state index in [9.17, 15) is 13.2 Å². The molecule has 6 nitrogen and oxygen atoms in total. The van der Waals surface area contributed by atoms with Crippen LogP contribution in [0.25, 0.3) is 0 Å². The maximum atomic E-state index is 12.2. The van der Waals surface area contributed by atoms with Gasteiger partial charge in [-0.2, -0.15) is 0 Å². The predicted octanol–water partition coefficient (Wildman–Crippen LogP) is 2.38. The summed E-state index contributed by atoms with van der Waals surface area (Å²) in [6.07, 6.45) is 0. The summed E-state index contributed by atoms with van der Waals surface area (Å²) >= 11 is 1.24. The first-order valence-electron chi connectivity index (χ1n) is 6.70. The van der Waals surface area contributed by atoms with Gasteiger partial charge in [-0.3, -0.25) is 10.1 Å². The summed E-state index contributed by atoms with van der Waals surface area (Å²) < 4.78 is 24.3. The van der Waals surface area contributed by atoms with Crippen LogP contribution < -0.4 is 5.32 Å². The molecule has 1 aromatic carbocycles. The molecular formula is C14H17N3O3S2. The second kappa shape index (κ2) is 6.53. The number of carbonyl (C=O) groups is 1. The van der Waals surface area contributed by atoms with E-state index in [1.54, 1.807) is 12.1 Å². The van der Waals surface area contributed by atoms with Gasteiger partial charge < -0.3 is 0 Å². The lowest BCUT2D eigenvalue weighted by Gasteiger charge is -2.04. The predicted molar refractivity (Wildman–Crippen MR) is 85.9 cm³/mol. The van der Waals surface area contributed by atoms with Crippen molar-refractivity contribution in [3.63, 3.8) is 0 Å². The van der Waals surface area contributed by atoms with Gasteiger partial charge in [-0.25, -0.2) is 8.42 Å². The van der Waals surface area contributed by atoms with Gasteiger partial charge in [-0.15, -0.1) is 10.2 Å². The smallest absolute Gasteiger partial charge is 0.241 e. The minimum Gasteiger partial charge on any atom is -0.300 e. The molecule has 0 saturated heterocycles. The average molecular weight is 339 g/mol. The quantitative estimate of drug-likeness (QED) is 0.903. The molecule has 0 bridgehead atoms. The average Bonchev–Trinajstić information content (AvgIpc) is 2.87. The summed E-state index contributed by atoms with van der Waals surface area (Å²) in [6, 6.07) is 6.40. The molecule has 22 heavy (non-hydrogen) atoms. The number of hydrogen-bond donors (Lipinski definition) is 1. The zero-order valence-corrected chi connectivity index (χ0v) is 14.2. The third kappa shape index (κ3) is 4.11. The molecule has 0 fully saturated rings.